The van der Waals surface area contributed by atoms with Crippen molar-refractivity contribution in [3.05, 3.63) is 59.3 Å². The molecule has 5 heteroatoms. The molecular formula is C16H18N4O. The van der Waals surface area contributed by atoms with Crippen molar-refractivity contribution in [2.45, 2.75) is 19.4 Å². The maximum absolute atomic E-state index is 12.6. The van der Waals surface area contributed by atoms with Crippen LogP contribution in [0.4, 0.5) is 5.82 Å². The summed E-state index contributed by atoms with van der Waals surface area (Å²) in [6.07, 6.45) is 3.69. The number of pyridine rings is 1. The molecule has 1 amide bonds. The average Bonchev–Trinajstić information content (AvgIpc) is 2.69. The Kier molecular flexibility index (Phi) is 3.83. The van der Waals surface area contributed by atoms with Crippen molar-refractivity contribution < 1.29 is 4.79 Å². The van der Waals surface area contributed by atoms with Crippen LogP contribution in [0.25, 0.3) is 0 Å². The molecule has 1 aliphatic heterocycles. The van der Waals surface area contributed by atoms with Crippen LogP contribution in [0.3, 0.4) is 0 Å². The smallest absolute Gasteiger partial charge is 0.254 e. The van der Waals surface area contributed by atoms with Gasteiger partial charge in [-0.2, -0.15) is 0 Å². The van der Waals surface area contributed by atoms with Gasteiger partial charge in [0, 0.05) is 24.8 Å². The van der Waals surface area contributed by atoms with Crippen molar-refractivity contribution >= 4 is 11.7 Å². The first-order valence-corrected chi connectivity index (χ1v) is 7.06. The number of rotatable bonds is 3. The molecule has 0 radical (unpaired) electrons. The summed E-state index contributed by atoms with van der Waals surface area (Å²) >= 11 is 0. The lowest BCUT2D eigenvalue weighted by Crippen LogP contribution is -2.30. The minimum Gasteiger partial charge on any atom is -0.334 e. The van der Waals surface area contributed by atoms with Gasteiger partial charge in [-0.05, 0) is 36.1 Å². The van der Waals surface area contributed by atoms with Crippen molar-refractivity contribution in [3.63, 3.8) is 0 Å². The van der Waals surface area contributed by atoms with E-state index in [1.54, 1.807) is 6.20 Å². The number of hydrazine groups is 1. The summed E-state index contributed by atoms with van der Waals surface area (Å²) in [6, 6.07) is 11.6. The predicted molar refractivity (Wildman–Crippen MR) is 81.6 cm³/mol. The normalized spacial score (nSPS) is 14.5. The zero-order valence-corrected chi connectivity index (χ0v) is 11.7. The van der Waals surface area contributed by atoms with Crippen LogP contribution in [-0.2, 0) is 13.0 Å². The van der Waals surface area contributed by atoms with Crippen LogP contribution in [0.15, 0.2) is 42.6 Å². The fraction of sp³-hybridized carbons (Fsp3) is 0.250. The number of carbonyl (C=O) groups excluding carboxylic acids is 1. The fourth-order valence-corrected chi connectivity index (χ4v) is 2.65. The van der Waals surface area contributed by atoms with E-state index >= 15 is 0 Å². The Morgan fingerprint density at radius 1 is 1.24 bits per heavy atom. The summed E-state index contributed by atoms with van der Waals surface area (Å²) in [5.74, 6) is 6.02. The van der Waals surface area contributed by atoms with Crippen molar-refractivity contribution in [1.29, 1.82) is 0 Å². The molecule has 3 N–H and O–H groups in total. The SMILES string of the molecule is NNc1ccc(CN2CCCc3ccccc3C2=O)cn1. The third-order valence-electron chi connectivity index (χ3n) is 3.76. The molecule has 1 aromatic heterocycles. The van der Waals surface area contributed by atoms with Gasteiger partial charge < -0.3 is 10.3 Å². The van der Waals surface area contributed by atoms with Crippen LogP contribution >= 0.6 is 0 Å². The third kappa shape index (κ3) is 2.87. The van der Waals surface area contributed by atoms with E-state index in [9.17, 15) is 4.79 Å². The number of hydrogen-bond donors (Lipinski definition) is 2. The number of nitrogens with two attached hydrogens (primary N) is 1. The van der Waals surface area contributed by atoms with E-state index in [2.05, 4.69) is 10.4 Å². The second kappa shape index (κ2) is 5.93. The number of fused-ring (bicyclic) bond motifs is 1. The summed E-state index contributed by atoms with van der Waals surface area (Å²) in [7, 11) is 0. The largest absolute Gasteiger partial charge is 0.334 e. The minimum atomic E-state index is 0.101. The van der Waals surface area contributed by atoms with Gasteiger partial charge in [0.05, 0.1) is 0 Å². The summed E-state index contributed by atoms with van der Waals surface area (Å²) in [4.78, 5) is 18.7. The van der Waals surface area contributed by atoms with Gasteiger partial charge in [-0.1, -0.05) is 24.3 Å². The zero-order chi connectivity index (χ0) is 14.7. The van der Waals surface area contributed by atoms with Crippen LogP contribution in [0.1, 0.15) is 27.9 Å². The second-order valence-electron chi connectivity index (χ2n) is 5.18. The number of carbonyl (C=O) groups is 1. The minimum absolute atomic E-state index is 0.101. The molecule has 0 atom stereocenters. The molecule has 0 saturated heterocycles. The summed E-state index contributed by atoms with van der Waals surface area (Å²) in [5, 5.41) is 0. The predicted octanol–water partition coefficient (Wildman–Crippen LogP) is 1.96. The topological polar surface area (TPSA) is 71.2 Å². The molecule has 0 unspecified atom stereocenters. The van der Waals surface area contributed by atoms with Crippen LogP contribution in [0.2, 0.25) is 0 Å². The van der Waals surface area contributed by atoms with Crippen molar-refractivity contribution in [1.82, 2.24) is 9.88 Å². The molecular weight excluding hydrogens is 264 g/mol. The van der Waals surface area contributed by atoms with E-state index in [0.717, 1.165) is 36.1 Å². The molecule has 1 aromatic carbocycles. The Balaban J connectivity index is 1.80. The summed E-state index contributed by atoms with van der Waals surface area (Å²) < 4.78 is 0. The van der Waals surface area contributed by atoms with Crippen LogP contribution in [0.5, 0.6) is 0 Å². The number of aryl methyl sites for hydroxylation is 1. The van der Waals surface area contributed by atoms with Gasteiger partial charge in [0.1, 0.15) is 5.82 Å². The average molecular weight is 282 g/mol. The van der Waals surface area contributed by atoms with E-state index in [0.29, 0.717) is 12.4 Å². The van der Waals surface area contributed by atoms with Crippen LogP contribution < -0.4 is 11.3 Å². The number of nitrogen functional groups attached to an aromatic ring is 1. The van der Waals surface area contributed by atoms with E-state index < -0.39 is 0 Å². The molecule has 3 rings (SSSR count). The summed E-state index contributed by atoms with van der Waals surface area (Å²) in [5.41, 5.74) is 5.47. The molecule has 0 bridgehead atoms. The number of aromatic nitrogens is 1. The Morgan fingerprint density at radius 3 is 2.86 bits per heavy atom. The van der Waals surface area contributed by atoms with Crippen molar-refractivity contribution in [2.75, 3.05) is 12.0 Å². The first-order valence-electron chi connectivity index (χ1n) is 7.06. The number of nitrogens with one attached hydrogen (secondary N) is 1. The van der Waals surface area contributed by atoms with Gasteiger partial charge in [-0.25, -0.2) is 10.8 Å². The first-order chi connectivity index (χ1) is 10.3. The van der Waals surface area contributed by atoms with E-state index in [-0.39, 0.29) is 5.91 Å². The molecule has 2 aromatic rings. The molecule has 21 heavy (non-hydrogen) atoms. The maximum Gasteiger partial charge on any atom is 0.254 e. The Morgan fingerprint density at radius 2 is 2.10 bits per heavy atom. The molecule has 0 fully saturated rings. The van der Waals surface area contributed by atoms with Crippen LogP contribution in [0, 0.1) is 0 Å². The van der Waals surface area contributed by atoms with Crippen LogP contribution in [-0.4, -0.2) is 22.3 Å². The van der Waals surface area contributed by atoms with Gasteiger partial charge in [-0.15, -0.1) is 0 Å². The van der Waals surface area contributed by atoms with Gasteiger partial charge in [0.15, 0.2) is 0 Å². The lowest BCUT2D eigenvalue weighted by atomic mass is 10.0. The number of benzene rings is 1. The highest BCUT2D eigenvalue weighted by atomic mass is 16.2. The molecule has 0 saturated carbocycles. The molecule has 0 aliphatic carbocycles. The lowest BCUT2D eigenvalue weighted by Gasteiger charge is -2.21. The van der Waals surface area contributed by atoms with Gasteiger partial charge in [-0.3, -0.25) is 4.79 Å². The molecule has 2 heterocycles. The quantitative estimate of drug-likeness (QED) is 0.667. The first kappa shape index (κ1) is 13.6. The van der Waals surface area contributed by atoms with Crippen molar-refractivity contribution in [3.8, 4) is 0 Å². The van der Waals surface area contributed by atoms with Gasteiger partial charge >= 0.3 is 0 Å². The highest BCUT2D eigenvalue weighted by molar-refractivity contribution is 5.96. The molecule has 5 nitrogen and oxygen atoms in total. The number of nitrogens with zero attached hydrogens (tertiary/aromatic N) is 2. The van der Waals surface area contributed by atoms with E-state index in [4.69, 9.17) is 5.84 Å². The number of anilines is 1. The zero-order valence-electron chi connectivity index (χ0n) is 11.7. The molecule has 108 valence electrons. The lowest BCUT2D eigenvalue weighted by molar-refractivity contribution is 0.0748. The highest BCUT2D eigenvalue weighted by Gasteiger charge is 2.21. The fourth-order valence-electron chi connectivity index (χ4n) is 2.65. The second-order valence-corrected chi connectivity index (χ2v) is 5.18. The number of amides is 1. The standard InChI is InChI=1S/C16H18N4O/c17-19-15-8-7-12(10-18-15)11-20-9-3-5-13-4-1-2-6-14(13)16(20)21/h1-2,4,6-8,10H,3,5,9,11,17H2,(H,18,19). The number of hydrogen-bond acceptors (Lipinski definition) is 4. The van der Waals surface area contributed by atoms with E-state index in [1.165, 1.54) is 0 Å². The summed E-state index contributed by atoms with van der Waals surface area (Å²) in [6.45, 7) is 1.34. The van der Waals surface area contributed by atoms with Gasteiger partial charge in [0.25, 0.3) is 5.91 Å². The Hall–Kier alpha value is -2.40. The van der Waals surface area contributed by atoms with E-state index in [1.807, 2.05) is 41.3 Å². The molecule has 1 aliphatic rings. The highest BCUT2D eigenvalue weighted by Crippen LogP contribution is 2.20. The molecule has 0 spiro atoms. The monoisotopic (exact) mass is 282 g/mol. The maximum atomic E-state index is 12.6. The van der Waals surface area contributed by atoms with Crippen molar-refractivity contribution in [2.24, 2.45) is 5.84 Å². The third-order valence-corrected chi connectivity index (χ3v) is 3.76. The van der Waals surface area contributed by atoms with Gasteiger partial charge in [0.2, 0.25) is 0 Å². The Labute approximate surface area is 123 Å². The Bertz CT molecular complexity index is 639.